The van der Waals surface area contributed by atoms with Crippen molar-refractivity contribution >= 4 is 45.8 Å². The first-order valence-corrected chi connectivity index (χ1v) is 12.6. The van der Waals surface area contributed by atoms with Gasteiger partial charge in [-0.25, -0.2) is 9.79 Å². The molecule has 5 rings (SSSR count). The lowest BCUT2D eigenvalue weighted by molar-refractivity contribution is -0.139. The van der Waals surface area contributed by atoms with Crippen molar-refractivity contribution in [3.05, 3.63) is 108 Å². The molecule has 2 heterocycles. The highest BCUT2D eigenvalue weighted by Crippen LogP contribution is 2.40. The van der Waals surface area contributed by atoms with Crippen LogP contribution in [0.2, 0.25) is 5.02 Å². The van der Waals surface area contributed by atoms with Gasteiger partial charge in [0, 0.05) is 10.6 Å². The Balaban J connectivity index is 1.84. The molecule has 0 amide bonds. The first-order chi connectivity index (χ1) is 17.4. The zero-order valence-corrected chi connectivity index (χ0v) is 21.5. The molecule has 0 spiro atoms. The maximum Gasteiger partial charge on any atom is 0.338 e. The quantitative estimate of drug-likeness (QED) is 0.362. The Bertz CT molecular complexity index is 1700. The molecule has 182 valence electrons. The van der Waals surface area contributed by atoms with E-state index in [4.69, 9.17) is 21.1 Å². The molecule has 0 aliphatic carbocycles. The van der Waals surface area contributed by atoms with E-state index in [0.29, 0.717) is 36.9 Å². The number of rotatable bonds is 5. The summed E-state index contributed by atoms with van der Waals surface area (Å²) in [7, 11) is 1.58. The molecule has 0 saturated carbocycles. The molecule has 4 aromatic rings. The van der Waals surface area contributed by atoms with Gasteiger partial charge in [0.25, 0.3) is 5.56 Å². The zero-order valence-electron chi connectivity index (χ0n) is 19.9. The van der Waals surface area contributed by atoms with Gasteiger partial charge in [-0.1, -0.05) is 65.4 Å². The normalized spacial score (nSPS) is 15.6. The van der Waals surface area contributed by atoms with E-state index < -0.39 is 12.0 Å². The number of fused-ring (bicyclic) bond motifs is 2. The maximum atomic E-state index is 13.9. The number of methoxy groups -OCH3 is 1. The third-order valence-electron chi connectivity index (χ3n) is 6.11. The lowest BCUT2D eigenvalue weighted by Gasteiger charge is -2.27. The highest BCUT2D eigenvalue weighted by molar-refractivity contribution is 7.07. The molecule has 1 aromatic heterocycles. The lowest BCUT2D eigenvalue weighted by Crippen LogP contribution is -2.40. The topological polar surface area (TPSA) is 69.9 Å². The molecule has 8 heteroatoms. The number of allylic oxidation sites excluding steroid dienone is 1. The standard InChI is InChI=1S/C28H23ClN2O4S/c1-4-35-27(33)23-16(2)30-28-31(26(32)22(36-28)15-17-9-12-19(29)13-10-17)25(23)24-20-8-6-5-7-18(20)11-14-21(24)34-3/h5-15,25H,4H2,1-3H3/b22-15-/t25-/m1/s1. The fourth-order valence-corrected chi connectivity index (χ4v) is 5.68. The third-order valence-corrected chi connectivity index (χ3v) is 7.34. The summed E-state index contributed by atoms with van der Waals surface area (Å²) in [5, 5.41) is 2.46. The van der Waals surface area contributed by atoms with Crippen LogP contribution >= 0.6 is 22.9 Å². The van der Waals surface area contributed by atoms with Gasteiger partial charge in [-0.05, 0) is 54.5 Å². The van der Waals surface area contributed by atoms with Crippen molar-refractivity contribution in [2.45, 2.75) is 19.9 Å². The summed E-state index contributed by atoms with van der Waals surface area (Å²) in [6.45, 7) is 3.73. The second-order valence-electron chi connectivity index (χ2n) is 8.26. The number of carbonyl (C=O) groups is 1. The van der Waals surface area contributed by atoms with E-state index in [1.807, 2.05) is 48.5 Å². The minimum atomic E-state index is -0.770. The Kier molecular flexibility index (Phi) is 6.51. The third kappa shape index (κ3) is 4.14. The highest BCUT2D eigenvalue weighted by Gasteiger charge is 2.36. The van der Waals surface area contributed by atoms with Crippen molar-refractivity contribution in [3.63, 3.8) is 0 Å². The molecule has 0 unspecified atom stereocenters. The summed E-state index contributed by atoms with van der Waals surface area (Å²) in [4.78, 5) is 32.3. The van der Waals surface area contributed by atoms with Crippen molar-refractivity contribution in [2.24, 2.45) is 4.99 Å². The molecule has 6 nitrogen and oxygen atoms in total. The molecular formula is C28H23ClN2O4S. The molecule has 0 bridgehead atoms. The van der Waals surface area contributed by atoms with E-state index in [0.717, 1.165) is 16.3 Å². The van der Waals surface area contributed by atoms with Crippen LogP contribution in [0, 0.1) is 0 Å². The summed E-state index contributed by atoms with van der Waals surface area (Å²) < 4.78 is 13.3. The number of carbonyl (C=O) groups excluding carboxylic acids is 1. The minimum Gasteiger partial charge on any atom is -0.496 e. The molecule has 1 atom stereocenters. The van der Waals surface area contributed by atoms with Gasteiger partial charge in [0.1, 0.15) is 11.8 Å². The SMILES string of the molecule is CCOC(=O)C1=C(C)N=c2s/c(=C\c3ccc(Cl)cc3)c(=O)n2[C@H]1c1c(OC)ccc2ccccc12. The first-order valence-electron chi connectivity index (χ1n) is 11.4. The number of esters is 1. The van der Waals surface area contributed by atoms with Crippen molar-refractivity contribution in [2.75, 3.05) is 13.7 Å². The number of ether oxygens (including phenoxy) is 2. The minimum absolute atomic E-state index is 0.204. The van der Waals surface area contributed by atoms with E-state index in [1.165, 1.54) is 11.3 Å². The lowest BCUT2D eigenvalue weighted by atomic mass is 9.90. The number of thiazole rings is 1. The summed E-state index contributed by atoms with van der Waals surface area (Å²) in [6.07, 6.45) is 1.81. The number of aromatic nitrogens is 1. The number of hydrogen-bond acceptors (Lipinski definition) is 6. The Morgan fingerprint density at radius 1 is 1.14 bits per heavy atom. The maximum absolute atomic E-state index is 13.9. The van der Waals surface area contributed by atoms with Crippen molar-refractivity contribution in [1.82, 2.24) is 4.57 Å². The fraction of sp³-hybridized carbons (Fsp3) is 0.179. The molecule has 0 fully saturated rings. The van der Waals surface area contributed by atoms with Gasteiger partial charge in [0.05, 0.1) is 29.5 Å². The first kappa shape index (κ1) is 24.0. The molecule has 3 aromatic carbocycles. The van der Waals surface area contributed by atoms with Crippen LogP contribution in [-0.2, 0) is 9.53 Å². The smallest absolute Gasteiger partial charge is 0.338 e. The summed E-state index contributed by atoms with van der Waals surface area (Å²) >= 11 is 7.30. The van der Waals surface area contributed by atoms with E-state index in [-0.39, 0.29) is 12.2 Å². The van der Waals surface area contributed by atoms with E-state index >= 15 is 0 Å². The van der Waals surface area contributed by atoms with Crippen LogP contribution in [0.5, 0.6) is 5.75 Å². The summed E-state index contributed by atoms with van der Waals surface area (Å²) in [5.41, 5.74) is 2.13. The average molecular weight is 519 g/mol. The molecule has 1 aliphatic rings. The number of halogens is 1. The zero-order chi connectivity index (χ0) is 25.4. The highest BCUT2D eigenvalue weighted by atomic mass is 35.5. The number of benzene rings is 3. The van der Waals surface area contributed by atoms with Gasteiger partial charge in [-0.3, -0.25) is 9.36 Å². The Hall–Kier alpha value is -3.68. The van der Waals surface area contributed by atoms with Gasteiger partial charge in [0.2, 0.25) is 0 Å². The van der Waals surface area contributed by atoms with Crippen molar-refractivity contribution in [1.29, 1.82) is 0 Å². The van der Waals surface area contributed by atoms with Crippen LogP contribution in [0.3, 0.4) is 0 Å². The number of hydrogen-bond donors (Lipinski definition) is 0. The largest absolute Gasteiger partial charge is 0.496 e. The Morgan fingerprint density at radius 2 is 1.89 bits per heavy atom. The van der Waals surface area contributed by atoms with Crippen LogP contribution in [0.15, 0.2) is 81.7 Å². The van der Waals surface area contributed by atoms with Crippen LogP contribution in [0.25, 0.3) is 16.8 Å². The van der Waals surface area contributed by atoms with Crippen molar-refractivity contribution in [3.8, 4) is 5.75 Å². The fourth-order valence-electron chi connectivity index (χ4n) is 4.51. The van der Waals surface area contributed by atoms with Gasteiger partial charge < -0.3 is 9.47 Å². The van der Waals surface area contributed by atoms with Gasteiger partial charge in [-0.2, -0.15) is 0 Å². The van der Waals surface area contributed by atoms with E-state index in [9.17, 15) is 9.59 Å². The second kappa shape index (κ2) is 9.76. The van der Waals surface area contributed by atoms with Gasteiger partial charge >= 0.3 is 5.97 Å². The molecule has 0 radical (unpaired) electrons. The van der Waals surface area contributed by atoms with Gasteiger partial charge in [-0.15, -0.1) is 0 Å². The van der Waals surface area contributed by atoms with Crippen LogP contribution in [-0.4, -0.2) is 24.3 Å². The average Bonchev–Trinajstić information content (AvgIpc) is 3.18. The van der Waals surface area contributed by atoms with Crippen molar-refractivity contribution < 1.29 is 14.3 Å². The molecular weight excluding hydrogens is 496 g/mol. The van der Waals surface area contributed by atoms with Crippen LogP contribution < -0.4 is 19.6 Å². The summed E-state index contributed by atoms with van der Waals surface area (Å²) in [5.74, 6) is 0.0631. The van der Waals surface area contributed by atoms with Crippen LogP contribution in [0.1, 0.15) is 31.0 Å². The van der Waals surface area contributed by atoms with Gasteiger partial charge in [0.15, 0.2) is 4.80 Å². The number of nitrogens with zero attached hydrogens (tertiary/aromatic N) is 2. The molecule has 0 N–H and O–H groups in total. The Morgan fingerprint density at radius 3 is 2.61 bits per heavy atom. The second-order valence-corrected chi connectivity index (χ2v) is 9.70. The summed E-state index contributed by atoms with van der Waals surface area (Å²) in [6, 6.07) is 18.1. The predicted octanol–water partition coefficient (Wildman–Crippen LogP) is 4.61. The van der Waals surface area contributed by atoms with E-state index in [1.54, 1.807) is 43.7 Å². The molecule has 1 aliphatic heterocycles. The monoisotopic (exact) mass is 518 g/mol. The van der Waals surface area contributed by atoms with Crippen LogP contribution in [0.4, 0.5) is 0 Å². The Labute approximate surface area is 216 Å². The molecule has 0 saturated heterocycles. The predicted molar refractivity (Wildman–Crippen MR) is 142 cm³/mol. The van der Waals surface area contributed by atoms with E-state index in [2.05, 4.69) is 4.99 Å². The molecule has 36 heavy (non-hydrogen) atoms.